The highest BCUT2D eigenvalue weighted by molar-refractivity contribution is 5.31. The number of hydrogen-bond donors (Lipinski definition) is 2. The summed E-state index contributed by atoms with van der Waals surface area (Å²) in [4.78, 5) is 0. The highest BCUT2D eigenvalue weighted by atomic mass is 16.5. The van der Waals surface area contributed by atoms with Crippen LogP contribution < -0.4 is 11.3 Å². The second kappa shape index (κ2) is 6.68. The fraction of sp³-hybridized carbons (Fsp3) is 0.625. The van der Waals surface area contributed by atoms with E-state index < -0.39 is 0 Å². The zero-order chi connectivity index (χ0) is 13.8. The number of nitrogens with two attached hydrogens (primary N) is 1. The summed E-state index contributed by atoms with van der Waals surface area (Å²) in [7, 11) is 0. The molecule has 110 valence electrons. The molecular formula is C16H24N2O2. The molecule has 3 unspecified atom stereocenters. The van der Waals surface area contributed by atoms with Crippen LogP contribution in [0, 0.1) is 0 Å². The molecule has 0 spiro atoms. The van der Waals surface area contributed by atoms with E-state index in [2.05, 4.69) is 29.7 Å². The van der Waals surface area contributed by atoms with Crippen LogP contribution in [0.2, 0.25) is 0 Å². The number of ether oxygens (including phenoxy) is 2. The Hall–Kier alpha value is -0.940. The first kappa shape index (κ1) is 14.0. The fourth-order valence-electron chi connectivity index (χ4n) is 3.31. The first-order valence-electron chi connectivity index (χ1n) is 7.64. The molecule has 0 saturated carbocycles. The third-order valence-electron chi connectivity index (χ3n) is 4.40. The predicted molar refractivity (Wildman–Crippen MR) is 78.2 cm³/mol. The summed E-state index contributed by atoms with van der Waals surface area (Å²) in [5.74, 6) is 5.73. The third-order valence-corrected chi connectivity index (χ3v) is 4.40. The lowest BCUT2D eigenvalue weighted by Gasteiger charge is -2.30. The Morgan fingerprint density at radius 2 is 2.10 bits per heavy atom. The first-order valence-corrected chi connectivity index (χ1v) is 7.64. The molecule has 0 aliphatic carbocycles. The number of rotatable bonds is 5. The van der Waals surface area contributed by atoms with Gasteiger partial charge in [-0.05, 0) is 43.2 Å². The Morgan fingerprint density at radius 3 is 2.90 bits per heavy atom. The van der Waals surface area contributed by atoms with E-state index in [0.717, 1.165) is 38.9 Å². The monoisotopic (exact) mass is 276 g/mol. The van der Waals surface area contributed by atoms with Crippen LogP contribution in [-0.2, 0) is 15.9 Å². The standard InChI is InChI=1S/C16H24N2O2/c17-18-13(10-14-5-3-8-19-14)11-16-15-6-2-1-4-12(15)7-9-20-16/h1-2,4,6,13-14,16,18H,3,5,7-11,17H2. The van der Waals surface area contributed by atoms with Crippen molar-refractivity contribution < 1.29 is 9.47 Å². The van der Waals surface area contributed by atoms with Gasteiger partial charge in [0, 0.05) is 12.6 Å². The maximum absolute atomic E-state index is 5.96. The number of hydrogen-bond acceptors (Lipinski definition) is 4. The lowest BCUT2D eigenvalue weighted by Crippen LogP contribution is -2.39. The summed E-state index contributed by atoms with van der Waals surface area (Å²) in [6.45, 7) is 1.70. The Morgan fingerprint density at radius 1 is 1.20 bits per heavy atom. The van der Waals surface area contributed by atoms with Crippen LogP contribution in [0.15, 0.2) is 24.3 Å². The molecule has 0 aromatic heterocycles. The highest BCUT2D eigenvalue weighted by Gasteiger charge is 2.26. The van der Waals surface area contributed by atoms with Crippen molar-refractivity contribution in [1.82, 2.24) is 5.43 Å². The molecule has 0 bridgehead atoms. The van der Waals surface area contributed by atoms with Gasteiger partial charge in [-0.3, -0.25) is 11.3 Å². The van der Waals surface area contributed by atoms with Crippen molar-refractivity contribution in [2.75, 3.05) is 13.2 Å². The van der Waals surface area contributed by atoms with Gasteiger partial charge in [0.15, 0.2) is 0 Å². The molecule has 2 aliphatic heterocycles. The minimum Gasteiger partial charge on any atom is -0.378 e. The Bertz CT molecular complexity index is 432. The van der Waals surface area contributed by atoms with Crippen LogP contribution in [0.1, 0.15) is 42.9 Å². The van der Waals surface area contributed by atoms with Gasteiger partial charge in [-0.25, -0.2) is 0 Å². The largest absolute Gasteiger partial charge is 0.378 e. The second-order valence-electron chi connectivity index (χ2n) is 5.78. The molecular weight excluding hydrogens is 252 g/mol. The van der Waals surface area contributed by atoms with Gasteiger partial charge in [0.2, 0.25) is 0 Å². The summed E-state index contributed by atoms with van der Waals surface area (Å²) in [6, 6.07) is 8.82. The Kier molecular flexibility index (Phi) is 4.68. The van der Waals surface area contributed by atoms with Crippen LogP contribution in [0.4, 0.5) is 0 Å². The smallest absolute Gasteiger partial charge is 0.0843 e. The molecule has 3 rings (SSSR count). The molecule has 1 saturated heterocycles. The Balaban J connectivity index is 1.64. The maximum atomic E-state index is 5.96. The average Bonchev–Trinajstić information content (AvgIpc) is 3.00. The molecule has 0 radical (unpaired) electrons. The average molecular weight is 276 g/mol. The van der Waals surface area contributed by atoms with Crippen molar-refractivity contribution in [1.29, 1.82) is 0 Å². The highest BCUT2D eigenvalue weighted by Crippen LogP contribution is 2.31. The van der Waals surface area contributed by atoms with Crippen molar-refractivity contribution in [3.05, 3.63) is 35.4 Å². The summed E-state index contributed by atoms with van der Waals surface area (Å²) < 4.78 is 11.7. The van der Waals surface area contributed by atoms with Gasteiger partial charge in [0.05, 0.1) is 18.8 Å². The van der Waals surface area contributed by atoms with Crippen molar-refractivity contribution >= 4 is 0 Å². The van der Waals surface area contributed by atoms with Crippen LogP contribution >= 0.6 is 0 Å². The molecule has 4 nitrogen and oxygen atoms in total. The normalized spacial score (nSPS) is 27.2. The number of hydrazine groups is 1. The zero-order valence-corrected chi connectivity index (χ0v) is 11.9. The minimum absolute atomic E-state index is 0.155. The maximum Gasteiger partial charge on any atom is 0.0843 e. The minimum atomic E-state index is 0.155. The van der Waals surface area contributed by atoms with E-state index in [1.807, 2.05) is 0 Å². The summed E-state index contributed by atoms with van der Waals surface area (Å²) in [5, 5.41) is 0. The molecule has 1 fully saturated rings. The van der Waals surface area contributed by atoms with E-state index >= 15 is 0 Å². The van der Waals surface area contributed by atoms with Gasteiger partial charge in [0.1, 0.15) is 0 Å². The number of nitrogens with one attached hydrogen (secondary N) is 1. The van der Waals surface area contributed by atoms with E-state index in [4.69, 9.17) is 15.3 Å². The van der Waals surface area contributed by atoms with E-state index in [-0.39, 0.29) is 12.1 Å². The van der Waals surface area contributed by atoms with Gasteiger partial charge in [0.25, 0.3) is 0 Å². The molecule has 1 aromatic carbocycles. The second-order valence-corrected chi connectivity index (χ2v) is 5.78. The first-order chi connectivity index (χ1) is 9.86. The van der Waals surface area contributed by atoms with Crippen molar-refractivity contribution in [3.63, 3.8) is 0 Å². The SMILES string of the molecule is NNC(CC1CCCO1)CC1OCCc2ccccc21. The lowest BCUT2D eigenvalue weighted by atomic mass is 9.92. The van der Waals surface area contributed by atoms with E-state index in [9.17, 15) is 0 Å². The van der Waals surface area contributed by atoms with Crippen molar-refractivity contribution in [3.8, 4) is 0 Å². The van der Waals surface area contributed by atoms with Gasteiger partial charge >= 0.3 is 0 Å². The van der Waals surface area contributed by atoms with Crippen LogP contribution in [0.3, 0.4) is 0 Å². The predicted octanol–water partition coefficient (Wildman–Crippen LogP) is 2.09. The molecule has 4 heteroatoms. The fourth-order valence-corrected chi connectivity index (χ4v) is 3.31. The summed E-state index contributed by atoms with van der Waals surface area (Å²) >= 11 is 0. The molecule has 3 atom stereocenters. The topological polar surface area (TPSA) is 56.5 Å². The number of fused-ring (bicyclic) bond motifs is 1. The quantitative estimate of drug-likeness (QED) is 0.639. The van der Waals surface area contributed by atoms with Gasteiger partial charge < -0.3 is 9.47 Å². The molecule has 2 heterocycles. The van der Waals surface area contributed by atoms with Crippen molar-refractivity contribution in [2.45, 2.75) is 50.4 Å². The van der Waals surface area contributed by atoms with E-state index in [1.165, 1.54) is 17.5 Å². The summed E-state index contributed by atoms with van der Waals surface area (Å²) in [5.41, 5.74) is 5.69. The third kappa shape index (κ3) is 3.20. The molecule has 20 heavy (non-hydrogen) atoms. The number of benzene rings is 1. The van der Waals surface area contributed by atoms with Crippen molar-refractivity contribution in [2.24, 2.45) is 5.84 Å². The lowest BCUT2D eigenvalue weighted by molar-refractivity contribution is 0.0220. The molecule has 3 N–H and O–H groups in total. The molecule has 0 amide bonds. The van der Waals surface area contributed by atoms with E-state index in [0.29, 0.717) is 6.10 Å². The van der Waals surface area contributed by atoms with Crippen LogP contribution in [0.5, 0.6) is 0 Å². The van der Waals surface area contributed by atoms with Crippen LogP contribution in [-0.4, -0.2) is 25.4 Å². The van der Waals surface area contributed by atoms with E-state index in [1.54, 1.807) is 0 Å². The Labute approximate surface area is 120 Å². The zero-order valence-electron chi connectivity index (χ0n) is 11.9. The van der Waals surface area contributed by atoms with Gasteiger partial charge in [-0.1, -0.05) is 24.3 Å². The van der Waals surface area contributed by atoms with Gasteiger partial charge in [-0.15, -0.1) is 0 Å². The van der Waals surface area contributed by atoms with Gasteiger partial charge in [-0.2, -0.15) is 0 Å². The molecule has 2 aliphatic rings. The summed E-state index contributed by atoms with van der Waals surface area (Å²) in [6.07, 6.45) is 5.73. The van der Waals surface area contributed by atoms with Crippen LogP contribution in [0.25, 0.3) is 0 Å². The molecule has 1 aromatic rings.